The number of carbonyl (C=O) groups excluding carboxylic acids is 1. The zero-order valence-corrected chi connectivity index (χ0v) is 14.5. The number of nitrogens with zero attached hydrogens (tertiary/aromatic N) is 3. The molecule has 1 N–H and O–H groups in total. The van der Waals surface area contributed by atoms with Gasteiger partial charge in [0.05, 0.1) is 18.6 Å². The normalized spacial score (nSPS) is 10.8. The first-order valence-corrected chi connectivity index (χ1v) is 8.59. The van der Waals surface area contributed by atoms with E-state index in [1.807, 2.05) is 29.7 Å². The predicted octanol–water partition coefficient (Wildman–Crippen LogP) is 3.23. The third-order valence-electron chi connectivity index (χ3n) is 3.25. The van der Waals surface area contributed by atoms with E-state index in [9.17, 15) is 4.79 Å². The van der Waals surface area contributed by atoms with Crippen LogP contribution in [0.2, 0.25) is 5.02 Å². The summed E-state index contributed by atoms with van der Waals surface area (Å²) >= 11 is 7.25. The summed E-state index contributed by atoms with van der Waals surface area (Å²) in [6.07, 6.45) is 1.58. The number of aryl methyl sites for hydroxylation is 1. The highest BCUT2D eigenvalue weighted by molar-refractivity contribution is 7.99. The van der Waals surface area contributed by atoms with E-state index in [4.69, 9.17) is 16.0 Å². The molecule has 0 aliphatic heterocycles. The number of thioether (sulfide) groups is 1. The van der Waals surface area contributed by atoms with Crippen LogP contribution >= 0.6 is 23.4 Å². The first-order valence-electron chi connectivity index (χ1n) is 7.23. The number of hydrogen-bond acceptors (Lipinski definition) is 5. The molecule has 8 heteroatoms. The number of furan rings is 1. The molecular weight excluding hydrogens is 348 g/mol. The number of benzene rings is 1. The molecule has 1 amide bonds. The maximum atomic E-state index is 12.0. The molecule has 3 aromatic rings. The average molecular weight is 363 g/mol. The van der Waals surface area contributed by atoms with Gasteiger partial charge in [-0.15, -0.1) is 10.2 Å². The van der Waals surface area contributed by atoms with Crippen LogP contribution in [0.3, 0.4) is 0 Å². The van der Waals surface area contributed by atoms with Gasteiger partial charge in [-0.25, -0.2) is 0 Å². The van der Waals surface area contributed by atoms with Gasteiger partial charge in [0.1, 0.15) is 11.6 Å². The second-order valence-corrected chi connectivity index (χ2v) is 6.37. The van der Waals surface area contributed by atoms with E-state index in [2.05, 4.69) is 15.5 Å². The van der Waals surface area contributed by atoms with Crippen LogP contribution in [0.25, 0.3) is 5.69 Å². The van der Waals surface area contributed by atoms with Crippen LogP contribution in [0.15, 0.2) is 52.2 Å². The second kappa shape index (κ2) is 7.55. The van der Waals surface area contributed by atoms with E-state index < -0.39 is 0 Å². The van der Waals surface area contributed by atoms with E-state index in [-0.39, 0.29) is 11.7 Å². The van der Waals surface area contributed by atoms with Gasteiger partial charge in [-0.3, -0.25) is 9.36 Å². The van der Waals surface area contributed by atoms with Gasteiger partial charge < -0.3 is 9.73 Å². The molecule has 0 spiro atoms. The highest BCUT2D eigenvalue weighted by Crippen LogP contribution is 2.22. The highest BCUT2D eigenvalue weighted by Gasteiger charge is 2.13. The molecule has 0 aliphatic rings. The van der Waals surface area contributed by atoms with Gasteiger partial charge in [0.15, 0.2) is 5.16 Å². The fraction of sp³-hybridized carbons (Fsp3) is 0.188. The molecule has 1 aromatic carbocycles. The van der Waals surface area contributed by atoms with E-state index in [0.29, 0.717) is 22.5 Å². The van der Waals surface area contributed by atoms with Crippen LogP contribution in [-0.4, -0.2) is 26.4 Å². The Morgan fingerprint density at radius 2 is 2.08 bits per heavy atom. The summed E-state index contributed by atoms with van der Waals surface area (Å²) in [7, 11) is 0. The van der Waals surface area contributed by atoms with Crippen LogP contribution in [-0.2, 0) is 11.3 Å². The Kier molecular flexibility index (Phi) is 5.22. The Bertz CT molecular complexity index is 815. The van der Waals surface area contributed by atoms with Gasteiger partial charge in [0, 0.05) is 10.7 Å². The molecule has 0 unspecified atom stereocenters. The number of carbonyl (C=O) groups is 1. The van der Waals surface area contributed by atoms with Crippen molar-refractivity contribution in [2.45, 2.75) is 18.6 Å². The number of aromatic nitrogens is 3. The van der Waals surface area contributed by atoms with E-state index in [1.165, 1.54) is 11.8 Å². The number of amides is 1. The minimum absolute atomic E-state index is 0.0975. The molecule has 124 valence electrons. The number of rotatable bonds is 6. The van der Waals surface area contributed by atoms with Crippen molar-refractivity contribution in [3.05, 3.63) is 59.3 Å². The lowest BCUT2D eigenvalue weighted by atomic mass is 10.3. The summed E-state index contributed by atoms with van der Waals surface area (Å²) in [5.74, 6) is 1.61. The highest BCUT2D eigenvalue weighted by atomic mass is 35.5. The quantitative estimate of drug-likeness (QED) is 0.681. The van der Waals surface area contributed by atoms with Crippen molar-refractivity contribution in [3.63, 3.8) is 0 Å². The third kappa shape index (κ3) is 3.98. The van der Waals surface area contributed by atoms with Crippen LogP contribution < -0.4 is 5.32 Å². The van der Waals surface area contributed by atoms with Crippen LogP contribution in [0.5, 0.6) is 0 Å². The van der Waals surface area contributed by atoms with Crippen molar-refractivity contribution in [2.24, 2.45) is 0 Å². The molecule has 24 heavy (non-hydrogen) atoms. The monoisotopic (exact) mass is 362 g/mol. The molecule has 0 saturated heterocycles. The molecule has 0 bridgehead atoms. The molecule has 0 saturated carbocycles. The first-order chi connectivity index (χ1) is 11.6. The predicted molar refractivity (Wildman–Crippen MR) is 92.4 cm³/mol. The fourth-order valence-electron chi connectivity index (χ4n) is 2.10. The molecular formula is C16H15ClN4O2S. The maximum absolute atomic E-state index is 12.0. The zero-order valence-electron chi connectivity index (χ0n) is 12.9. The van der Waals surface area contributed by atoms with Gasteiger partial charge in [-0.1, -0.05) is 23.4 Å². The number of halogens is 1. The Morgan fingerprint density at radius 3 is 2.79 bits per heavy atom. The standard InChI is InChI=1S/C16H15ClN4O2S/c1-11-19-20-16(21(11)13-6-4-12(17)5-7-13)24-10-15(22)18-9-14-3-2-8-23-14/h2-8H,9-10H2,1H3,(H,18,22). The minimum Gasteiger partial charge on any atom is -0.467 e. The van der Waals surface area contributed by atoms with Crippen molar-refractivity contribution in [2.75, 3.05) is 5.75 Å². The van der Waals surface area contributed by atoms with Crippen molar-refractivity contribution >= 4 is 29.3 Å². The van der Waals surface area contributed by atoms with Crippen molar-refractivity contribution < 1.29 is 9.21 Å². The van der Waals surface area contributed by atoms with Gasteiger partial charge >= 0.3 is 0 Å². The molecule has 6 nitrogen and oxygen atoms in total. The molecule has 0 atom stereocenters. The lowest BCUT2D eigenvalue weighted by Gasteiger charge is -2.08. The smallest absolute Gasteiger partial charge is 0.230 e. The molecule has 2 heterocycles. The summed E-state index contributed by atoms with van der Waals surface area (Å²) in [5, 5.41) is 12.4. The van der Waals surface area contributed by atoms with Crippen molar-refractivity contribution in [1.82, 2.24) is 20.1 Å². The fourth-order valence-corrected chi connectivity index (χ4v) is 3.06. The van der Waals surface area contributed by atoms with Gasteiger partial charge in [-0.2, -0.15) is 0 Å². The lowest BCUT2D eigenvalue weighted by molar-refractivity contribution is -0.118. The summed E-state index contributed by atoms with van der Waals surface area (Å²) in [5.41, 5.74) is 0.903. The van der Waals surface area contributed by atoms with Gasteiger partial charge in [0.25, 0.3) is 0 Å². The van der Waals surface area contributed by atoms with Crippen LogP contribution in [0.4, 0.5) is 0 Å². The Labute approximate surface area is 148 Å². The molecule has 2 aromatic heterocycles. The summed E-state index contributed by atoms with van der Waals surface area (Å²) < 4.78 is 7.07. The topological polar surface area (TPSA) is 73.0 Å². The molecule has 3 rings (SSSR count). The van der Waals surface area contributed by atoms with Crippen LogP contribution in [0, 0.1) is 6.92 Å². The van der Waals surface area contributed by atoms with Gasteiger partial charge in [0.2, 0.25) is 5.91 Å². The van der Waals surface area contributed by atoms with E-state index in [1.54, 1.807) is 24.5 Å². The summed E-state index contributed by atoms with van der Waals surface area (Å²) in [6.45, 7) is 2.23. The first kappa shape index (κ1) is 16.6. The van der Waals surface area contributed by atoms with E-state index >= 15 is 0 Å². The van der Waals surface area contributed by atoms with Crippen molar-refractivity contribution in [1.29, 1.82) is 0 Å². The third-order valence-corrected chi connectivity index (χ3v) is 4.43. The average Bonchev–Trinajstić information content (AvgIpc) is 3.22. The van der Waals surface area contributed by atoms with E-state index in [0.717, 1.165) is 11.5 Å². The molecule has 0 aliphatic carbocycles. The van der Waals surface area contributed by atoms with Crippen molar-refractivity contribution in [3.8, 4) is 5.69 Å². The summed E-state index contributed by atoms with van der Waals surface area (Å²) in [6, 6.07) is 11.0. The largest absolute Gasteiger partial charge is 0.467 e. The minimum atomic E-state index is -0.0975. The Balaban J connectivity index is 1.63. The lowest BCUT2D eigenvalue weighted by Crippen LogP contribution is -2.24. The Hall–Kier alpha value is -2.25. The zero-order chi connectivity index (χ0) is 16.9. The Morgan fingerprint density at radius 1 is 1.29 bits per heavy atom. The number of nitrogens with one attached hydrogen (secondary N) is 1. The SMILES string of the molecule is Cc1nnc(SCC(=O)NCc2ccco2)n1-c1ccc(Cl)cc1. The second-order valence-electron chi connectivity index (χ2n) is 4.99. The van der Waals surface area contributed by atoms with Crippen LogP contribution in [0.1, 0.15) is 11.6 Å². The number of hydrogen-bond donors (Lipinski definition) is 1. The molecule has 0 radical (unpaired) electrons. The summed E-state index contributed by atoms with van der Waals surface area (Å²) in [4.78, 5) is 12.0. The maximum Gasteiger partial charge on any atom is 0.230 e. The molecule has 0 fully saturated rings. The van der Waals surface area contributed by atoms with Gasteiger partial charge in [-0.05, 0) is 43.3 Å².